The maximum atomic E-state index is 6.41. The molecule has 1 aromatic heterocycles. The highest BCUT2D eigenvalue weighted by Crippen LogP contribution is 2.44. The first-order valence-electron chi connectivity index (χ1n) is 17.8. The minimum atomic E-state index is 0.656. The lowest BCUT2D eigenvalue weighted by Gasteiger charge is -2.20. The minimum absolute atomic E-state index is 0.656. The molecule has 1 N–H and O–H groups in total. The fourth-order valence-corrected chi connectivity index (χ4v) is 7.72. The van der Waals surface area contributed by atoms with E-state index in [1.165, 1.54) is 0 Å². The molecular formula is C48H33Cl2N3O2. The second-order valence-electron chi connectivity index (χ2n) is 13.2. The molecule has 266 valence electrons. The van der Waals surface area contributed by atoms with Crippen LogP contribution in [0, 0.1) is 0 Å². The van der Waals surface area contributed by atoms with Gasteiger partial charge in [0.2, 0.25) is 0 Å². The second kappa shape index (κ2) is 14.4. The van der Waals surface area contributed by atoms with Gasteiger partial charge in [-0.1, -0.05) is 108 Å². The molecule has 8 bridgehead atoms. The first kappa shape index (κ1) is 34.4. The molecule has 0 aliphatic carbocycles. The van der Waals surface area contributed by atoms with Gasteiger partial charge in [-0.15, -0.1) is 0 Å². The Balaban J connectivity index is 1.47. The molecule has 0 radical (unpaired) electrons. The molecule has 0 saturated carbocycles. The summed E-state index contributed by atoms with van der Waals surface area (Å²) in [5, 5.41) is 3.11. The number of allylic oxidation sites excluding steroid dienone is 4. The van der Waals surface area contributed by atoms with Crippen molar-refractivity contribution in [3.8, 4) is 11.5 Å². The molecule has 6 aromatic rings. The van der Waals surface area contributed by atoms with Crippen molar-refractivity contribution in [3.05, 3.63) is 223 Å². The molecular weight excluding hydrogens is 721 g/mol. The molecule has 0 unspecified atom stereocenters. The molecule has 55 heavy (non-hydrogen) atoms. The van der Waals surface area contributed by atoms with Gasteiger partial charge in [0, 0.05) is 60.2 Å². The number of aromatic amines is 1. The number of hydrogen-bond donors (Lipinski definition) is 1. The van der Waals surface area contributed by atoms with Crippen LogP contribution in [0.25, 0.3) is 22.3 Å². The van der Waals surface area contributed by atoms with Gasteiger partial charge < -0.3 is 14.5 Å². The Labute approximate surface area is 329 Å². The summed E-state index contributed by atoms with van der Waals surface area (Å²) in [6.07, 6.45) is 8.31. The van der Waals surface area contributed by atoms with E-state index in [2.05, 4.69) is 71.8 Å². The lowest BCUT2D eigenvalue weighted by atomic mass is 9.89. The van der Waals surface area contributed by atoms with Crippen molar-refractivity contribution in [1.29, 1.82) is 0 Å². The molecule has 0 spiro atoms. The van der Waals surface area contributed by atoms with Crippen molar-refractivity contribution in [1.82, 2.24) is 4.98 Å². The van der Waals surface area contributed by atoms with Gasteiger partial charge in [-0.3, -0.25) is 0 Å². The minimum Gasteiger partial charge on any atom is -0.496 e. The topological polar surface area (TPSA) is 59.0 Å². The Morgan fingerprint density at radius 3 is 1.24 bits per heavy atom. The molecule has 5 nitrogen and oxygen atoms in total. The van der Waals surface area contributed by atoms with Crippen molar-refractivity contribution in [2.45, 2.75) is 0 Å². The predicted molar refractivity (Wildman–Crippen MR) is 226 cm³/mol. The summed E-state index contributed by atoms with van der Waals surface area (Å²) in [6.45, 7) is 0. The van der Waals surface area contributed by atoms with E-state index in [0.29, 0.717) is 21.5 Å². The Bertz CT molecular complexity index is 2620. The highest BCUT2D eigenvalue weighted by atomic mass is 35.5. The predicted octanol–water partition coefficient (Wildman–Crippen LogP) is 9.99. The van der Waals surface area contributed by atoms with E-state index in [-0.39, 0.29) is 0 Å². The van der Waals surface area contributed by atoms with E-state index in [1.54, 1.807) is 14.2 Å². The molecule has 9 rings (SSSR count). The van der Waals surface area contributed by atoms with Crippen LogP contribution in [0.4, 0.5) is 0 Å². The summed E-state index contributed by atoms with van der Waals surface area (Å²) in [6, 6.07) is 44.7. The van der Waals surface area contributed by atoms with E-state index < -0.39 is 0 Å². The fourth-order valence-electron chi connectivity index (χ4n) is 7.47. The average molecular weight is 755 g/mol. The summed E-state index contributed by atoms with van der Waals surface area (Å²) in [5.74, 6) is 1.31. The van der Waals surface area contributed by atoms with Crippen molar-refractivity contribution < 1.29 is 9.47 Å². The fraction of sp³-hybridized carbons (Fsp3) is 0.0417. The van der Waals surface area contributed by atoms with Gasteiger partial charge in [0.15, 0.2) is 0 Å². The van der Waals surface area contributed by atoms with Gasteiger partial charge in [0.05, 0.1) is 37.0 Å². The van der Waals surface area contributed by atoms with E-state index in [4.69, 9.17) is 42.7 Å². The normalized spacial score (nSPS) is 14.8. The number of nitrogens with zero attached hydrogens (tertiary/aromatic N) is 2. The third-order valence-corrected chi connectivity index (χ3v) is 10.5. The van der Waals surface area contributed by atoms with Crippen molar-refractivity contribution in [2.75, 3.05) is 14.2 Å². The number of rotatable bonds is 6. The summed E-state index contributed by atoms with van der Waals surface area (Å²) in [7, 11) is 3.37. The summed E-state index contributed by atoms with van der Waals surface area (Å²) in [5.41, 5.74) is 12.6. The van der Waals surface area contributed by atoms with Crippen LogP contribution < -0.4 is 20.2 Å². The Hall–Kier alpha value is -6.40. The number of fused-ring (bicyclic) bond motifs is 6. The standard InChI is InChI=1S/C48H33Cl2N3O2/c1-54-43-28-44(55-2)36-27-35(43)45(29-9-5-3-6-10-29)37-21-23-39(51-37)47(31-13-17-33(49)18-14-31)41-25-26-42(53-41)48(32-15-19-34(50)20-16-32)40-24-22-38(52-40)46(36)30-11-7-4-8-12-30/h3-28,53H,1-2H3. The van der Waals surface area contributed by atoms with Gasteiger partial charge in [0.1, 0.15) is 11.5 Å². The zero-order chi connectivity index (χ0) is 37.5. The van der Waals surface area contributed by atoms with Crippen molar-refractivity contribution in [2.24, 2.45) is 9.98 Å². The molecule has 3 aliphatic rings. The number of aromatic nitrogens is 1. The third kappa shape index (κ3) is 6.38. The molecule has 0 atom stereocenters. The largest absolute Gasteiger partial charge is 0.496 e. The van der Waals surface area contributed by atoms with Crippen LogP contribution in [0.15, 0.2) is 179 Å². The van der Waals surface area contributed by atoms with E-state index >= 15 is 0 Å². The monoisotopic (exact) mass is 753 g/mol. The third-order valence-electron chi connectivity index (χ3n) is 9.98. The zero-order valence-electron chi connectivity index (χ0n) is 30.0. The number of hydrogen-bond acceptors (Lipinski definition) is 4. The lowest BCUT2D eigenvalue weighted by molar-refractivity contribution is 0.393. The first-order valence-corrected chi connectivity index (χ1v) is 18.6. The number of H-pyrrole nitrogens is 1. The van der Waals surface area contributed by atoms with Crippen LogP contribution >= 0.6 is 23.2 Å². The smallest absolute Gasteiger partial charge is 0.130 e. The van der Waals surface area contributed by atoms with Gasteiger partial charge in [0.25, 0.3) is 0 Å². The number of nitrogens with one attached hydrogen (secondary N) is 1. The van der Waals surface area contributed by atoms with Crippen molar-refractivity contribution in [3.63, 3.8) is 0 Å². The van der Waals surface area contributed by atoms with E-state index in [1.807, 2.05) is 91.0 Å². The number of benzene rings is 5. The highest BCUT2D eigenvalue weighted by molar-refractivity contribution is 6.33. The average Bonchev–Trinajstić information content (AvgIpc) is 4.01. The number of ether oxygens (including phenoxy) is 2. The molecule has 0 saturated heterocycles. The molecule has 0 amide bonds. The first-order chi connectivity index (χ1) is 27.0. The van der Waals surface area contributed by atoms with E-state index in [0.717, 1.165) is 89.2 Å². The number of halogens is 2. The maximum absolute atomic E-state index is 6.41. The SMILES string of the molecule is COc1cc(OC)c2cc1C(c1ccccc1)=C1C=CC(=N1)C(c1ccc(Cl)cc1)=c1ccc([nH]1)=C(c1ccc(Cl)cc1)C1=NC(=C2c2ccccc2)C=C1. The molecule has 4 heterocycles. The van der Waals surface area contributed by atoms with Crippen LogP contribution in [-0.4, -0.2) is 30.6 Å². The summed E-state index contributed by atoms with van der Waals surface area (Å²) >= 11 is 12.8. The quantitative estimate of drug-likeness (QED) is 0.184. The second-order valence-corrected chi connectivity index (χ2v) is 14.1. The summed E-state index contributed by atoms with van der Waals surface area (Å²) in [4.78, 5) is 14.6. The number of methoxy groups -OCH3 is 2. The van der Waals surface area contributed by atoms with Gasteiger partial charge in [-0.25, -0.2) is 9.98 Å². The maximum Gasteiger partial charge on any atom is 0.130 e. The van der Waals surface area contributed by atoms with Crippen LogP contribution in [-0.2, 0) is 0 Å². The Morgan fingerprint density at radius 1 is 0.436 bits per heavy atom. The van der Waals surface area contributed by atoms with Crippen LogP contribution in [0.1, 0.15) is 33.4 Å². The molecule has 3 aliphatic heterocycles. The highest BCUT2D eigenvalue weighted by Gasteiger charge is 2.26. The molecule has 5 aromatic carbocycles. The molecule has 0 fully saturated rings. The van der Waals surface area contributed by atoms with E-state index in [9.17, 15) is 0 Å². The zero-order valence-corrected chi connectivity index (χ0v) is 31.5. The Morgan fingerprint density at radius 2 is 0.836 bits per heavy atom. The van der Waals surface area contributed by atoms with Crippen LogP contribution in [0.2, 0.25) is 10.0 Å². The van der Waals surface area contributed by atoms with Crippen LogP contribution in [0.5, 0.6) is 11.5 Å². The molecule has 7 heteroatoms. The van der Waals surface area contributed by atoms with Gasteiger partial charge in [-0.05, 0) is 89.0 Å². The van der Waals surface area contributed by atoms with Crippen molar-refractivity contribution >= 4 is 56.9 Å². The van der Waals surface area contributed by atoms with Crippen LogP contribution in [0.3, 0.4) is 0 Å². The Kier molecular flexibility index (Phi) is 9.03. The lowest BCUT2D eigenvalue weighted by Crippen LogP contribution is -2.21. The van der Waals surface area contributed by atoms with Gasteiger partial charge in [-0.2, -0.15) is 0 Å². The summed E-state index contributed by atoms with van der Waals surface area (Å²) < 4.78 is 12.3. The van der Waals surface area contributed by atoms with Gasteiger partial charge >= 0.3 is 0 Å². The number of aliphatic imine (C=N–C) groups is 2.